The van der Waals surface area contributed by atoms with Crippen molar-refractivity contribution in [3.63, 3.8) is 0 Å². The molecule has 0 saturated carbocycles. The van der Waals surface area contributed by atoms with Crippen molar-refractivity contribution in [2.45, 2.75) is 38.5 Å². The molecule has 0 aliphatic heterocycles. The summed E-state index contributed by atoms with van der Waals surface area (Å²) in [5.74, 6) is 0. The van der Waals surface area contributed by atoms with Crippen molar-refractivity contribution < 1.29 is 48.0 Å². The van der Waals surface area contributed by atoms with Crippen molar-refractivity contribution in [3.8, 4) is 0 Å². The molecule has 0 saturated heterocycles. The second-order valence-corrected chi connectivity index (χ2v) is 11.3. The number of aryl methyl sites for hydroxylation is 2. The maximum absolute atomic E-state index is 2.46. The first-order valence-corrected chi connectivity index (χ1v) is 13.9. The molecule has 2 aromatic carbocycles. The van der Waals surface area contributed by atoms with Gasteiger partial charge < -0.3 is 24.8 Å². The maximum atomic E-state index is 2.46. The van der Waals surface area contributed by atoms with E-state index in [9.17, 15) is 0 Å². The molecule has 0 spiro atoms. The van der Waals surface area contributed by atoms with Crippen LogP contribution in [0.5, 0.6) is 0 Å². The summed E-state index contributed by atoms with van der Waals surface area (Å²) in [7, 11) is 0. The fraction of sp³-hybridized carbons (Fsp3) is 0.200. The van der Waals surface area contributed by atoms with E-state index < -0.39 is 23.2 Å². The van der Waals surface area contributed by atoms with Crippen LogP contribution in [0.25, 0.3) is 0 Å². The molecule has 168 valence electrons. The molecule has 0 aromatic heterocycles. The van der Waals surface area contributed by atoms with Crippen LogP contribution >= 0.6 is 0 Å². The van der Waals surface area contributed by atoms with Crippen LogP contribution in [0.1, 0.15) is 36.8 Å². The standard InChI is InChI=1S/2C15H15.2ClH.Zr/c2*1-2-8-14(9-3-1)10-4-5-11-15-12-6-7-13-15;;;/h2*1-3,6-9,11-12H,4-5,10H2;2*1H;/q;;;;+2/p-2. The minimum absolute atomic E-state index is 0. The van der Waals surface area contributed by atoms with Crippen LogP contribution < -0.4 is 24.8 Å². The van der Waals surface area contributed by atoms with Crippen LogP contribution in [0.15, 0.2) is 127 Å². The van der Waals surface area contributed by atoms with Gasteiger partial charge in [-0.1, -0.05) is 0 Å². The van der Waals surface area contributed by atoms with E-state index >= 15 is 0 Å². The summed E-state index contributed by atoms with van der Waals surface area (Å²) in [5, 5.41) is 0. The zero-order valence-electron chi connectivity index (χ0n) is 18.9. The van der Waals surface area contributed by atoms with Crippen molar-refractivity contribution in [1.82, 2.24) is 0 Å². The first-order chi connectivity index (χ1) is 15.4. The van der Waals surface area contributed by atoms with E-state index in [4.69, 9.17) is 0 Å². The van der Waals surface area contributed by atoms with Gasteiger partial charge in [0.25, 0.3) is 0 Å². The molecule has 4 rings (SSSR count). The molecule has 0 heterocycles. The normalized spacial score (nSPS) is 16.2. The average molecular weight is 553 g/mol. The fourth-order valence-electron chi connectivity index (χ4n) is 4.01. The molecule has 3 heteroatoms. The molecule has 2 aromatic rings. The van der Waals surface area contributed by atoms with Crippen molar-refractivity contribution in [2.24, 2.45) is 0 Å². The molecule has 0 N–H and O–H groups in total. The molecule has 0 radical (unpaired) electrons. The molecule has 0 nitrogen and oxygen atoms in total. The molecular formula is C30H30Cl2Zr. The average Bonchev–Trinajstić information content (AvgIpc) is 3.45. The van der Waals surface area contributed by atoms with E-state index in [2.05, 4.69) is 109 Å². The Morgan fingerprint density at radius 1 is 0.576 bits per heavy atom. The Morgan fingerprint density at radius 3 is 1.42 bits per heavy atom. The van der Waals surface area contributed by atoms with Crippen LogP contribution in [0.2, 0.25) is 0 Å². The number of unbranched alkanes of at least 4 members (excludes halogenated alkanes) is 2. The van der Waals surface area contributed by atoms with E-state index in [-0.39, 0.29) is 24.8 Å². The van der Waals surface area contributed by atoms with Crippen LogP contribution in [0.4, 0.5) is 0 Å². The summed E-state index contributed by atoms with van der Waals surface area (Å²) in [5.41, 5.74) is 5.85. The Morgan fingerprint density at radius 2 is 1.00 bits per heavy atom. The molecule has 2 aliphatic carbocycles. The molecule has 0 amide bonds. The summed E-state index contributed by atoms with van der Waals surface area (Å²) in [6.45, 7) is 0. The summed E-state index contributed by atoms with van der Waals surface area (Å²) < 4.78 is 3.24. The topological polar surface area (TPSA) is 0 Å². The van der Waals surface area contributed by atoms with Crippen LogP contribution in [0.3, 0.4) is 0 Å². The Balaban J connectivity index is 0.00000193. The van der Waals surface area contributed by atoms with E-state index in [1.54, 1.807) is 6.56 Å². The van der Waals surface area contributed by atoms with E-state index in [0.717, 1.165) is 25.7 Å². The molecule has 0 atom stereocenters. The minimum Gasteiger partial charge on any atom is -1.00 e. The molecule has 0 unspecified atom stereocenters. The Hall–Kier alpha value is -1.66. The number of rotatable bonds is 10. The van der Waals surface area contributed by atoms with Gasteiger partial charge >= 0.3 is 200 Å². The Labute approximate surface area is 223 Å². The summed E-state index contributed by atoms with van der Waals surface area (Å²) in [4.78, 5) is 0. The predicted octanol–water partition coefficient (Wildman–Crippen LogP) is 1.88. The van der Waals surface area contributed by atoms with Gasteiger partial charge in [0.05, 0.1) is 0 Å². The summed E-state index contributed by atoms with van der Waals surface area (Å²) in [6.07, 6.45) is 25.8. The number of hydrogen-bond acceptors (Lipinski definition) is 0. The number of halogens is 2. The quantitative estimate of drug-likeness (QED) is 0.395. The van der Waals surface area contributed by atoms with Gasteiger partial charge in [-0.3, -0.25) is 0 Å². The third-order valence-corrected chi connectivity index (χ3v) is 9.28. The maximum Gasteiger partial charge on any atom is -1.00 e. The summed E-state index contributed by atoms with van der Waals surface area (Å²) >= 11 is -0.768. The zero-order chi connectivity index (χ0) is 21.1. The molecule has 0 bridgehead atoms. The molecule has 2 aliphatic rings. The van der Waals surface area contributed by atoms with E-state index in [1.165, 1.54) is 35.1 Å². The number of hydrogen-bond donors (Lipinski definition) is 0. The third kappa shape index (κ3) is 8.90. The molecule has 33 heavy (non-hydrogen) atoms. The summed E-state index contributed by atoms with van der Waals surface area (Å²) in [6, 6.07) is 21.7. The van der Waals surface area contributed by atoms with Gasteiger partial charge in [-0.25, -0.2) is 0 Å². The van der Waals surface area contributed by atoms with Gasteiger partial charge in [0.2, 0.25) is 0 Å². The first-order valence-electron chi connectivity index (χ1n) is 11.4. The van der Waals surface area contributed by atoms with Crippen molar-refractivity contribution >= 4 is 0 Å². The van der Waals surface area contributed by atoms with Crippen molar-refractivity contribution in [3.05, 3.63) is 138 Å². The second kappa shape index (κ2) is 15.3. The van der Waals surface area contributed by atoms with E-state index in [0.29, 0.717) is 0 Å². The van der Waals surface area contributed by atoms with Crippen molar-refractivity contribution in [2.75, 3.05) is 0 Å². The Kier molecular flexibility index (Phi) is 12.8. The third-order valence-electron chi connectivity index (χ3n) is 5.72. The van der Waals surface area contributed by atoms with Gasteiger partial charge in [-0.15, -0.1) is 0 Å². The van der Waals surface area contributed by atoms with Crippen molar-refractivity contribution in [1.29, 1.82) is 0 Å². The van der Waals surface area contributed by atoms with Gasteiger partial charge in [-0.05, 0) is 0 Å². The molecule has 0 fully saturated rings. The second-order valence-electron chi connectivity index (χ2n) is 8.08. The van der Waals surface area contributed by atoms with Gasteiger partial charge in [0.15, 0.2) is 0 Å². The van der Waals surface area contributed by atoms with Gasteiger partial charge in [-0.2, -0.15) is 0 Å². The van der Waals surface area contributed by atoms with Gasteiger partial charge in [0.1, 0.15) is 0 Å². The monoisotopic (exact) mass is 550 g/mol. The minimum atomic E-state index is -0.768. The fourth-order valence-corrected chi connectivity index (χ4v) is 7.23. The van der Waals surface area contributed by atoms with Crippen LogP contribution in [-0.2, 0) is 36.1 Å². The largest absolute Gasteiger partial charge is 1.00 e. The smallest absolute Gasteiger partial charge is 1.00 e. The number of allylic oxidation sites excluding steroid dienone is 12. The van der Waals surface area contributed by atoms with Crippen LogP contribution in [-0.4, -0.2) is 0 Å². The number of benzene rings is 2. The Bertz CT molecular complexity index is 956. The van der Waals surface area contributed by atoms with Gasteiger partial charge in [0, 0.05) is 0 Å². The predicted molar refractivity (Wildman–Crippen MR) is 129 cm³/mol. The van der Waals surface area contributed by atoms with Crippen LogP contribution in [0, 0.1) is 0 Å². The SMILES string of the molecule is C1=CC(=CCCCc2ccccc2)[C]([Zr+2][C]2=CC=CC2=CCCCc2ccccc2)=C1.[Cl-].[Cl-]. The first kappa shape index (κ1) is 27.6. The van der Waals surface area contributed by atoms with E-state index in [1.807, 2.05) is 0 Å². The zero-order valence-corrected chi connectivity index (χ0v) is 22.9. The molecular weight excluding hydrogens is 522 g/mol.